The number of carbonyl (C=O) groups excluding carboxylic acids is 1. The maximum absolute atomic E-state index is 12.6. The Morgan fingerprint density at radius 1 is 1.25 bits per heavy atom. The van der Waals surface area contributed by atoms with E-state index in [9.17, 15) is 9.90 Å². The maximum Gasteiger partial charge on any atom is 0.264 e. The van der Waals surface area contributed by atoms with Crippen molar-refractivity contribution in [1.82, 2.24) is 9.55 Å². The molecular weight excluding hydrogens is 276 g/mol. The highest BCUT2D eigenvalue weighted by molar-refractivity contribution is 6.29. The van der Waals surface area contributed by atoms with E-state index in [2.05, 4.69) is 4.98 Å². The zero-order valence-corrected chi connectivity index (χ0v) is 11.4. The summed E-state index contributed by atoms with van der Waals surface area (Å²) in [5.41, 5.74) is 2.01. The van der Waals surface area contributed by atoms with Crippen LogP contribution in [0.4, 0.5) is 0 Å². The van der Waals surface area contributed by atoms with Gasteiger partial charge in [-0.15, -0.1) is 0 Å². The second-order valence-electron chi connectivity index (χ2n) is 4.54. The van der Waals surface area contributed by atoms with Crippen molar-refractivity contribution in [1.29, 1.82) is 0 Å². The fourth-order valence-corrected chi connectivity index (χ4v) is 2.35. The lowest BCUT2D eigenvalue weighted by Crippen LogP contribution is -2.13. The standard InChI is InChI=1S/C15H11ClN2O2/c1-9-6-11-7-12(19)3-4-13(11)18(9)15(20)10-2-5-14(16)17-8-10/h2-8,19H,1H3. The van der Waals surface area contributed by atoms with Crippen LogP contribution in [0.1, 0.15) is 16.1 Å². The average Bonchev–Trinajstić information content (AvgIpc) is 2.73. The molecule has 0 spiro atoms. The Bertz CT molecular complexity index is 807. The number of phenolic OH excluding ortho intramolecular Hbond substituents is 1. The number of rotatable bonds is 1. The lowest BCUT2D eigenvalue weighted by Gasteiger charge is -2.06. The van der Waals surface area contributed by atoms with Crippen LogP contribution < -0.4 is 0 Å². The number of nitrogens with zero attached hydrogens (tertiary/aromatic N) is 2. The minimum absolute atomic E-state index is 0.174. The number of aromatic hydroxyl groups is 1. The van der Waals surface area contributed by atoms with E-state index in [1.807, 2.05) is 13.0 Å². The summed E-state index contributed by atoms with van der Waals surface area (Å²) < 4.78 is 1.60. The van der Waals surface area contributed by atoms with Crippen LogP contribution >= 0.6 is 11.6 Å². The van der Waals surface area contributed by atoms with Gasteiger partial charge < -0.3 is 5.11 Å². The molecule has 0 aliphatic heterocycles. The van der Waals surface area contributed by atoms with Gasteiger partial charge >= 0.3 is 0 Å². The van der Waals surface area contributed by atoms with E-state index in [1.54, 1.807) is 34.9 Å². The van der Waals surface area contributed by atoms with Crippen molar-refractivity contribution in [2.45, 2.75) is 6.92 Å². The minimum Gasteiger partial charge on any atom is -0.508 e. The summed E-state index contributed by atoms with van der Waals surface area (Å²) in [5, 5.41) is 10.7. The van der Waals surface area contributed by atoms with Gasteiger partial charge in [0.1, 0.15) is 10.9 Å². The van der Waals surface area contributed by atoms with Crippen molar-refractivity contribution in [2.24, 2.45) is 0 Å². The molecule has 0 bridgehead atoms. The van der Waals surface area contributed by atoms with Crippen LogP contribution in [0.3, 0.4) is 0 Å². The van der Waals surface area contributed by atoms with Gasteiger partial charge in [-0.1, -0.05) is 11.6 Å². The third-order valence-corrected chi connectivity index (χ3v) is 3.37. The molecule has 100 valence electrons. The molecule has 0 fully saturated rings. The molecule has 3 aromatic rings. The SMILES string of the molecule is Cc1cc2cc(O)ccc2n1C(=O)c1ccc(Cl)nc1. The van der Waals surface area contributed by atoms with Gasteiger partial charge in [-0.3, -0.25) is 9.36 Å². The molecule has 1 aromatic carbocycles. The topological polar surface area (TPSA) is 55.1 Å². The first-order valence-corrected chi connectivity index (χ1v) is 6.41. The molecule has 0 radical (unpaired) electrons. The number of phenols is 1. The smallest absolute Gasteiger partial charge is 0.264 e. The van der Waals surface area contributed by atoms with Crippen LogP contribution in [0.15, 0.2) is 42.6 Å². The van der Waals surface area contributed by atoms with Crippen molar-refractivity contribution >= 4 is 28.4 Å². The van der Waals surface area contributed by atoms with Gasteiger partial charge in [-0.05, 0) is 43.3 Å². The summed E-state index contributed by atoms with van der Waals surface area (Å²) in [6.45, 7) is 1.85. The molecule has 0 unspecified atom stereocenters. The minimum atomic E-state index is -0.174. The van der Waals surface area contributed by atoms with E-state index >= 15 is 0 Å². The lowest BCUT2D eigenvalue weighted by molar-refractivity contribution is 0.0962. The van der Waals surface area contributed by atoms with Crippen molar-refractivity contribution in [3.05, 3.63) is 59.0 Å². The molecule has 0 aliphatic carbocycles. The molecular formula is C15H11ClN2O2. The summed E-state index contributed by atoms with van der Waals surface area (Å²) in [5.74, 6) is 0.00242. The first-order chi connectivity index (χ1) is 9.56. The number of aromatic nitrogens is 2. The third-order valence-electron chi connectivity index (χ3n) is 3.15. The fourth-order valence-electron chi connectivity index (χ4n) is 2.24. The fraction of sp³-hybridized carbons (Fsp3) is 0.0667. The molecule has 5 heteroatoms. The predicted octanol–water partition coefficient (Wildman–Crippen LogP) is 3.39. The summed E-state index contributed by atoms with van der Waals surface area (Å²) in [6.07, 6.45) is 1.45. The van der Waals surface area contributed by atoms with Crippen molar-refractivity contribution in [2.75, 3.05) is 0 Å². The van der Waals surface area contributed by atoms with Gasteiger partial charge in [-0.25, -0.2) is 4.98 Å². The molecule has 0 saturated carbocycles. The molecule has 0 aliphatic rings. The normalized spacial score (nSPS) is 10.9. The summed E-state index contributed by atoms with van der Waals surface area (Å²) in [6, 6.07) is 10.00. The summed E-state index contributed by atoms with van der Waals surface area (Å²) in [7, 11) is 0. The van der Waals surface area contributed by atoms with E-state index in [0.717, 1.165) is 16.6 Å². The summed E-state index contributed by atoms with van der Waals surface area (Å²) >= 11 is 5.73. The van der Waals surface area contributed by atoms with Crippen molar-refractivity contribution in [3.8, 4) is 5.75 Å². The van der Waals surface area contributed by atoms with Crippen LogP contribution in [0.2, 0.25) is 5.15 Å². The molecule has 0 amide bonds. The van der Waals surface area contributed by atoms with E-state index in [0.29, 0.717) is 10.7 Å². The Morgan fingerprint density at radius 2 is 2.05 bits per heavy atom. The third kappa shape index (κ3) is 2.04. The quantitative estimate of drug-likeness (QED) is 0.698. The monoisotopic (exact) mass is 286 g/mol. The second-order valence-corrected chi connectivity index (χ2v) is 4.93. The highest BCUT2D eigenvalue weighted by atomic mass is 35.5. The number of hydrogen-bond donors (Lipinski definition) is 1. The van der Waals surface area contributed by atoms with E-state index in [1.165, 1.54) is 6.20 Å². The van der Waals surface area contributed by atoms with E-state index < -0.39 is 0 Å². The Morgan fingerprint density at radius 3 is 2.75 bits per heavy atom. The number of pyridine rings is 1. The van der Waals surface area contributed by atoms with Crippen LogP contribution in [0.25, 0.3) is 10.9 Å². The molecule has 1 N–H and O–H groups in total. The van der Waals surface area contributed by atoms with Crippen molar-refractivity contribution < 1.29 is 9.90 Å². The lowest BCUT2D eigenvalue weighted by atomic mass is 10.2. The Balaban J connectivity index is 2.16. The molecule has 4 nitrogen and oxygen atoms in total. The van der Waals surface area contributed by atoms with Crippen LogP contribution in [-0.4, -0.2) is 20.6 Å². The van der Waals surface area contributed by atoms with E-state index in [4.69, 9.17) is 11.6 Å². The molecule has 3 rings (SSSR count). The zero-order valence-electron chi connectivity index (χ0n) is 10.7. The first kappa shape index (κ1) is 12.7. The van der Waals surface area contributed by atoms with E-state index in [-0.39, 0.29) is 11.7 Å². The van der Waals surface area contributed by atoms with Gasteiger partial charge in [0.25, 0.3) is 5.91 Å². The van der Waals surface area contributed by atoms with Crippen LogP contribution in [0, 0.1) is 6.92 Å². The highest BCUT2D eigenvalue weighted by Gasteiger charge is 2.15. The molecule has 0 atom stereocenters. The Kier molecular flexibility index (Phi) is 2.95. The molecule has 2 aromatic heterocycles. The van der Waals surface area contributed by atoms with Gasteiger partial charge in [0, 0.05) is 17.3 Å². The second kappa shape index (κ2) is 4.65. The Labute approximate surface area is 120 Å². The predicted molar refractivity (Wildman–Crippen MR) is 77.3 cm³/mol. The number of hydrogen-bond acceptors (Lipinski definition) is 3. The average molecular weight is 287 g/mol. The largest absolute Gasteiger partial charge is 0.508 e. The maximum atomic E-state index is 12.6. The molecule has 0 saturated heterocycles. The number of carbonyl (C=O) groups is 1. The van der Waals surface area contributed by atoms with Crippen LogP contribution in [0.5, 0.6) is 5.75 Å². The van der Waals surface area contributed by atoms with Gasteiger partial charge in [0.15, 0.2) is 0 Å². The molecule has 2 heterocycles. The van der Waals surface area contributed by atoms with Gasteiger partial charge in [-0.2, -0.15) is 0 Å². The number of fused-ring (bicyclic) bond motifs is 1. The van der Waals surface area contributed by atoms with Gasteiger partial charge in [0.05, 0.1) is 11.1 Å². The number of benzene rings is 1. The summed E-state index contributed by atoms with van der Waals surface area (Å²) in [4.78, 5) is 16.5. The zero-order chi connectivity index (χ0) is 14.3. The molecule has 20 heavy (non-hydrogen) atoms. The first-order valence-electron chi connectivity index (χ1n) is 6.03. The van der Waals surface area contributed by atoms with Crippen LogP contribution in [-0.2, 0) is 0 Å². The number of halogens is 1. The number of aryl methyl sites for hydroxylation is 1. The van der Waals surface area contributed by atoms with Gasteiger partial charge in [0.2, 0.25) is 0 Å². The van der Waals surface area contributed by atoms with Crippen molar-refractivity contribution in [3.63, 3.8) is 0 Å². The Hall–Kier alpha value is -2.33. The highest BCUT2D eigenvalue weighted by Crippen LogP contribution is 2.24.